The second kappa shape index (κ2) is 11.2. The Hall–Kier alpha value is -2.39. The van der Waals surface area contributed by atoms with E-state index in [1.807, 2.05) is 30.3 Å². The Morgan fingerprint density at radius 2 is 1.67 bits per heavy atom. The third-order valence-electron chi connectivity index (χ3n) is 5.86. The van der Waals surface area contributed by atoms with Crippen LogP contribution in [0.4, 0.5) is 5.69 Å². The van der Waals surface area contributed by atoms with Crippen LogP contribution in [0, 0.1) is 0 Å². The zero-order valence-corrected chi connectivity index (χ0v) is 21.3. The first-order valence-electron chi connectivity index (χ1n) is 11.0. The Kier molecular flexibility index (Phi) is 8.53. The molecule has 9 heteroatoms. The lowest BCUT2D eigenvalue weighted by Crippen LogP contribution is -2.52. The van der Waals surface area contributed by atoms with Crippen molar-refractivity contribution in [2.75, 3.05) is 17.1 Å². The molecule has 2 aromatic rings. The van der Waals surface area contributed by atoms with Gasteiger partial charge < -0.3 is 10.2 Å². The summed E-state index contributed by atoms with van der Waals surface area (Å²) in [6.45, 7) is 1.50. The Morgan fingerprint density at radius 3 is 2.24 bits per heavy atom. The topological polar surface area (TPSA) is 86.8 Å². The van der Waals surface area contributed by atoms with Crippen molar-refractivity contribution in [3.05, 3.63) is 64.6 Å². The Morgan fingerprint density at radius 1 is 1.06 bits per heavy atom. The van der Waals surface area contributed by atoms with Gasteiger partial charge >= 0.3 is 0 Å². The highest BCUT2D eigenvalue weighted by Crippen LogP contribution is 2.22. The second-order valence-electron chi connectivity index (χ2n) is 8.42. The summed E-state index contributed by atoms with van der Waals surface area (Å²) in [5, 5.41) is 3.05. The molecule has 0 heterocycles. The van der Waals surface area contributed by atoms with E-state index in [-0.39, 0.29) is 18.5 Å². The van der Waals surface area contributed by atoms with Gasteiger partial charge in [-0.3, -0.25) is 13.9 Å². The third-order valence-corrected chi connectivity index (χ3v) is 7.53. The van der Waals surface area contributed by atoms with Crippen molar-refractivity contribution in [3.63, 3.8) is 0 Å². The fourth-order valence-corrected chi connectivity index (χ4v) is 5.09. The molecule has 0 aliphatic heterocycles. The number of anilines is 1. The molecule has 0 aromatic heterocycles. The number of amides is 2. The molecular formula is C24H30BrN3O4S. The minimum atomic E-state index is -3.73. The molecule has 0 spiro atoms. The van der Waals surface area contributed by atoms with E-state index >= 15 is 0 Å². The molecular weight excluding hydrogens is 506 g/mol. The number of sulfonamides is 1. The van der Waals surface area contributed by atoms with Gasteiger partial charge in [0.25, 0.3) is 0 Å². The fraction of sp³-hybridized carbons (Fsp3) is 0.417. The third kappa shape index (κ3) is 7.04. The zero-order valence-electron chi connectivity index (χ0n) is 18.9. The lowest BCUT2D eigenvalue weighted by Gasteiger charge is -2.32. The molecule has 0 bridgehead atoms. The van der Waals surface area contributed by atoms with Gasteiger partial charge in [0.2, 0.25) is 21.8 Å². The smallest absolute Gasteiger partial charge is 0.244 e. The van der Waals surface area contributed by atoms with E-state index in [1.165, 1.54) is 4.90 Å². The largest absolute Gasteiger partial charge is 0.352 e. The molecule has 1 N–H and O–H groups in total. The maximum absolute atomic E-state index is 13.5. The quantitative estimate of drug-likeness (QED) is 0.530. The summed E-state index contributed by atoms with van der Waals surface area (Å²) in [4.78, 5) is 27.9. The van der Waals surface area contributed by atoms with Gasteiger partial charge in [-0.15, -0.1) is 0 Å². The number of halogens is 1. The molecule has 1 aliphatic rings. The predicted molar refractivity (Wildman–Crippen MR) is 133 cm³/mol. The van der Waals surface area contributed by atoms with Crippen molar-refractivity contribution in [2.45, 2.75) is 51.2 Å². The van der Waals surface area contributed by atoms with E-state index < -0.39 is 28.5 Å². The van der Waals surface area contributed by atoms with E-state index in [9.17, 15) is 18.0 Å². The van der Waals surface area contributed by atoms with Crippen molar-refractivity contribution < 1.29 is 18.0 Å². The molecule has 1 saturated carbocycles. The lowest BCUT2D eigenvalue weighted by molar-refractivity contribution is -0.139. The van der Waals surface area contributed by atoms with Crippen molar-refractivity contribution in [2.24, 2.45) is 0 Å². The van der Waals surface area contributed by atoms with Crippen molar-refractivity contribution in [1.29, 1.82) is 0 Å². The van der Waals surface area contributed by atoms with Crippen molar-refractivity contribution >= 4 is 43.5 Å². The maximum atomic E-state index is 13.5. The summed E-state index contributed by atoms with van der Waals surface area (Å²) >= 11 is 3.34. The first-order chi connectivity index (χ1) is 15.6. The van der Waals surface area contributed by atoms with Gasteiger partial charge in [0.05, 0.1) is 11.9 Å². The van der Waals surface area contributed by atoms with Gasteiger partial charge in [-0.2, -0.15) is 0 Å². The van der Waals surface area contributed by atoms with Crippen LogP contribution in [-0.2, 0) is 26.2 Å². The number of rotatable bonds is 9. The lowest BCUT2D eigenvalue weighted by atomic mass is 10.1. The molecule has 0 radical (unpaired) electrons. The van der Waals surface area contributed by atoms with Crippen LogP contribution in [0.2, 0.25) is 0 Å². The Labute approximate surface area is 204 Å². The van der Waals surface area contributed by atoms with Crippen LogP contribution < -0.4 is 9.62 Å². The van der Waals surface area contributed by atoms with E-state index in [0.717, 1.165) is 46.3 Å². The van der Waals surface area contributed by atoms with Crippen LogP contribution in [0.3, 0.4) is 0 Å². The number of nitrogens with one attached hydrogen (secondary N) is 1. The summed E-state index contributed by atoms with van der Waals surface area (Å²) in [5.74, 6) is -0.665. The Balaban J connectivity index is 1.84. The number of hydrogen-bond acceptors (Lipinski definition) is 4. The monoisotopic (exact) mass is 535 g/mol. The molecule has 2 amide bonds. The normalized spacial score (nSPS) is 15.1. The molecule has 178 valence electrons. The number of carbonyl (C=O) groups excluding carboxylic acids is 2. The highest BCUT2D eigenvalue weighted by atomic mass is 79.9. The van der Waals surface area contributed by atoms with Crippen molar-refractivity contribution in [1.82, 2.24) is 10.2 Å². The SMILES string of the molecule is C[C@@H](C(=O)NC1CCCC1)N(Cc1ccccc1)C(=O)CN(c1ccc(Br)cc1)S(C)(=O)=O. The van der Waals surface area contributed by atoms with Gasteiger partial charge in [-0.25, -0.2) is 8.42 Å². The Bertz CT molecular complexity index is 1050. The summed E-state index contributed by atoms with van der Waals surface area (Å²) in [5.41, 5.74) is 1.25. The van der Waals surface area contributed by atoms with Gasteiger partial charge in [-0.1, -0.05) is 59.1 Å². The van der Waals surface area contributed by atoms with Crippen molar-refractivity contribution in [3.8, 4) is 0 Å². The molecule has 2 aromatic carbocycles. The molecule has 7 nitrogen and oxygen atoms in total. The van der Waals surface area contributed by atoms with E-state index in [1.54, 1.807) is 31.2 Å². The van der Waals surface area contributed by atoms with Crippen LogP contribution >= 0.6 is 15.9 Å². The highest BCUT2D eigenvalue weighted by Gasteiger charge is 2.31. The zero-order chi connectivity index (χ0) is 24.0. The average Bonchev–Trinajstić information content (AvgIpc) is 3.29. The molecule has 1 fully saturated rings. The minimum absolute atomic E-state index is 0.129. The van der Waals surface area contributed by atoms with E-state index in [2.05, 4.69) is 21.2 Å². The van der Waals surface area contributed by atoms with Crippen LogP contribution in [0.15, 0.2) is 59.1 Å². The van der Waals surface area contributed by atoms with Crippen LogP contribution in [0.25, 0.3) is 0 Å². The number of nitrogens with zero attached hydrogens (tertiary/aromatic N) is 2. The predicted octanol–water partition coefficient (Wildman–Crippen LogP) is 3.69. The minimum Gasteiger partial charge on any atom is -0.352 e. The first-order valence-corrected chi connectivity index (χ1v) is 13.7. The maximum Gasteiger partial charge on any atom is 0.244 e. The summed E-state index contributed by atoms with van der Waals surface area (Å²) in [6, 6.07) is 15.5. The van der Waals surface area contributed by atoms with Crippen LogP contribution in [-0.4, -0.2) is 50.0 Å². The molecule has 33 heavy (non-hydrogen) atoms. The standard InChI is InChI=1S/C24H30BrN3O4S/c1-18(24(30)26-21-10-6-7-11-21)27(16-19-8-4-3-5-9-19)23(29)17-28(33(2,31)32)22-14-12-20(25)13-15-22/h3-5,8-9,12-15,18,21H,6-7,10-11,16-17H2,1-2H3,(H,26,30)/t18-/m0/s1. The van der Waals surface area contributed by atoms with E-state index in [4.69, 9.17) is 0 Å². The van der Waals surface area contributed by atoms with Crippen LogP contribution in [0.1, 0.15) is 38.2 Å². The van der Waals surface area contributed by atoms with Gasteiger partial charge in [0.1, 0.15) is 12.6 Å². The molecule has 0 unspecified atom stereocenters. The number of hydrogen-bond donors (Lipinski definition) is 1. The number of benzene rings is 2. The second-order valence-corrected chi connectivity index (χ2v) is 11.2. The highest BCUT2D eigenvalue weighted by molar-refractivity contribution is 9.10. The molecule has 3 rings (SSSR count). The summed E-state index contributed by atoms with van der Waals surface area (Å²) < 4.78 is 26.9. The van der Waals surface area contributed by atoms with Gasteiger partial charge in [-0.05, 0) is 49.6 Å². The van der Waals surface area contributed by atoms with E-state index in [0.29, 0.717) is 5.69 Å². The summed E-state index contributed by atoms with van der Waals surface area (Å²) in [6.07, 6.45) is 5.12. The first kappa shape index (κ1) is 25.2. The summed E-state index contributed by atoms with van der Waals surface area (Å²) in [7, 11) is -3.73. The molecule has 0 saturated heterocycles. The molecule has 1 aliphatic carbocycles. The fourth-order valence-electron chi connectivity index (χ4n) is 3.98. The van der Waals surface area contributed by atoms with Gasteiger partial charge in [0.15, 0.2) is 0 Å². The van der Waals surface area contributed by atoms with Crippen LogP contribution in [0.5, 0.6) is 0 Å². The van der Waals surface area contributed by atoms with Gasteiger partial charge in [0, 0.05) is 17.1 Å². The molecule has 1 atom stereocenters. The average molecular weight is 536 g/mol. The number of carbonyl (C=O) groups is 2.